The van der Waals surface area contributed by atoms with Gasteiger partial charge < -0.3 is 15.2 Å². The zero-order valence-corrected chi connectivity index (χ0v) is 10.6. The molecule has 3 aromatic rings. The van der Waals surface area contributed by atoms with Gasteiger partial charge in [-0.25, -0.2) is 9.78 Å². The second-order valence-electron chi connectivity index (χ2n) is 4.10. The van der Waals surface area contributed by atoms with Crippen LogP contribution in [0.15, 0.2) is 29.6 Å². The van der Waals surface area contributed by atoms with E-state index in [0.717, 1.165) is 4.88 Å². The lowest BCUT2D eigenvalue weighted by Gasteiger charge is -1.97. The van der Waals surface area contributed by atoms with Crippen LogP contribution in [0.4, 0.5) is 0 Å². The van der Waals surface area contributed by atoms with Gasteiger partial charge >= 0.3 is 5.97 Å². The number of carboxylic acids is 1. The molecule has 6 heteroatoms. The summed E-state index contributed by atoms with van der Waals surface area (Å²) in [6.45, 7) is 0. The van der Waals surface area contributed by atoms with Gasteiger partial charge in [0.15, 0.2) is 0 Å². The number of carbonyl (C=O) groups is 1. The summed E-state index contributed by atoms with van der Waals surface area (Å²) in [6, 6.07) is 6.65. The van der Waals surface area contributed by atoms with Crippen LogP contribution in [0, 0.1) is 0 Å². The number of carboxylic acid groups (broad SMARTS) is 1. The second-order valence-corrected chi connectivity index (χ2v) is 5.13. The van der Waals surface area contributed by atoms with Crippen LogP contribution in [0.3, 0.4) is 0 Å². The first-order valence-corrected chi connectivity index (χ1v) is 6.49. The molecule has 0 aliphatic heterocycles. The minimum absolute atomic E-state index is 0.00456. The highest BCUT2D eigenvalue weighted by Gasteiger charge is 2.15. The number of hydrogen-bond donors (Lipinski definition) is 3. The molecular weight excluding hydrogens is 264 g/mol. The van der Waals surface area contributed by atoms with Gasteiger partial charge in [-0.1, -0.05) is 6.07 Å². The molecule has 0 aliphatic rings. The number of phenolic OH excluding ortho intramolecular Hbond substituents is 1. The summed E-state index contributed by atoms with van der Waals surface area (Å²) in [7, 11) is 0. The van der Waals surface area contributed by atoms with Gasteiger partial charge in [-0.2, -0.15) is 0 Å². The molecule has 5 nitrogen and oxygen atoms in total. The van der Waals surface area contributed by atoms with Crippen molar-refractivity contribution in [3.05, 3.63) is 45.9 Å². The molecule has 1 aromatic carbocycles. The number of aromatic carboxylic acids is 1. The van der Waals surface area contributed by atoms with Gasteiger partial charge in [0.2, 0.25) is 0 Å². The van der Waals surface area contributed by atoms with Crippen molar-refractivity contribution in [3.8, 4) is 5.75 Å². The number of hydrogen-bond acceptors (Lipinski definition) is 4. The highest BCUT2D eigenvalue weighted by Crippen LogP contribution is 2.26. The number of imidazole rings is 1. The lowest BCUT2D eigenvalue weighted by atomic mass is 10.2. The van der Waals surface area contributed by atoms with Crippen LogP contribution in [0.2, 0.25) is 0 Å². The summed E-state index contributed by atoms with van der Waals surface area (Å²) in [6.07, 6.45) is 0.588. The highest BCUT2D eigenvalue weighted by atomic mass is 32.1. The fourth-order valence-corrected chi connectivity index (χ4v) is 2.67. The van der Waals surface area contributed by atoms with E-state index in [1.807, 2.05) is 17.5 Å². The summed E-state index contributed by atoms with van der Waals surface area (Å²) >= 11 is 1.60. The smallest absolute Gasteiger partial charge is 0.337 e. The summed E-state index contributed by atoms with van der Waals surface area (Å²) < 4.78 is 0. The maximum Gasteiger partial charge on any atom is 0.337 e. The molecule has 0 aliphatic carbocycles. The first kappa shape index (κ1) is 11.7. The Morgan fingerprint density at radius 2 is 2.21 bits per heavy atom. The van der Waals surface area contributed by atoms with Gasteiger partial charge in [-0.15, -0.1) is 11.3 Å². The van der Waals surface area contributed by atoms with Gasteiger partial charge in [0.05, 0.1) is 5.56 Å². The van der Waals surface area contributed by atoms with Crippen LogP contribution in [-0.2, 0) is 6.42 Å². The molecule has 0 unspecified atom stereocenters. The lowest BCUT2D eigenvalue weighted by molar-refractivity contribution is 0.0699. The van der Waals surface area contributed by atoms with Gasteiger partial charge in [-0.05, 0) is 23.6 Å². The van der Waals surface area contributed by atoms with E-state index in [2.05, 4.69) is 9.97 Å². The average molecular weight is 274 g/mol. The summed E-state index contributed by atoms with van der Waals surface area (Å²) in [4.78, 5) is 19.5. The molecule has 19 heavy (non-hydrogen) atoms. The molecule has 3 rings (SSSR count). The Labute approximate surface area is 112 Å². The molecule has 0 saturated heterocycles. The van der Waals surface area contributed by atoms with Crippen molar-refractivity contribution in [2.24, 2.45) is 0 Å². The number of benzene rings is 1. The molecule has 3 N–H and O–H groups in total. The monoisotopic (exact) mass is 274 g/mol. The molecule has 96 valence electrons. The molecule has 0 atom stereocenters. The molecular formula is C13H10N2O3S. The van der Waals surface area contributed by atoms with Gasteiger partial charge in [-0.3, -0.25) is 0 Å². The molecule has 0 fully saturated rings. The fourth-order valence-electron chi connectivity index (χ4n) is 1.96. The summed E-state index contributed by atoms with van der Waals surface area (Å²) in [5.41, 5.74) is 0.743. The Kier molecular flexibility index (Phi) is 2.72. The molecule has 0 amide bonds. The molecule has 2 heterocycles. The first-order chi connectivity index (χ1) is 9.15. The maximum absolute atomic E-state index is 11.1. The minimum Gasteiger partial charge on any atom is -0.506 e. The van der Waals surface area contributed by atoms with Crippen LogP contribution in [0.25, 0.3) is 11.0 Å². The van der Waals surface area contributed by atoms with Gasteiger partial charge in [0.25, 0.3) is 0 Å². The molecule has 0 radical (unpaired) electrons. The Balaban J connectivity index is 2.11. The number of phenols is 1. The summed E-state index contributed by atoms with van der Waals surface area (Å²) in [5, 5.41) is 20.8. The maximum atomic E-state index is 11.1. The quantitative estimate of drug-likeness (QED) is 0.685. The van der Waals surface area contributed by atoms with Crippen molar-refractivity contribution < 1.29 is 15.0 Å². The van der Waals surface area contributed by atoms with E-state index in [9.17, 15) is 9.90 Å². The second kappa shape index (κ2) is 4.40. The third kappa shape index (κ3) is 2.06. The zero-order valence-electron chi connectivity index (χ0n) is 9.75. The van der Waals surface area contributed by atoms with E-state index in [1.165, 1.54) is 12.1 Å². The van der Waals surface area contributed by atoms with Crippen molar-refractivity contribution in [1.29, 1.82) is 0 Å². The predicted octanol–water partition coefficient (Wildman–Crippen LogP) is 2.62. The number of rotatable bonds is 3. The molecule has 0 saturated carbocycles. The SMILES string of the molecule is O=C(O)c1ccc(O)c2[nH]c(Cc3cccs3)nc12. The van der Waals surface area contributed by atoms with E-state index in [0.29, 0.717) is 23.3 Å². The van der Waals surface area contributed by atoms with Crippen LogP contribution >= 0.6 is 11.3 Å². The number of aromatic hydroxyl groups is 1. The molecule has 0 bridgehead atoms. The predicted molar refractivity (Wildman–Crippen MR) is 71.8 cm³/mol. The third-order valence-electron chi connectivity index (χ3n) is 2.82. The van der Waals surface area contributed by atoms with Crippen LogP contribution in [0.1, 0.15) is 21.1 Å². The Morgan fingerprint density at radius 1 is 1.37 bits per heavy atom. The number of fused-ring (bicyclic) bond motifs is 1. The number of aromatic nitrogens is 2. The zero-order chi connectivity index (χ0) is 13.4. The number of nitrogens with one attached hydrogen (secondary N) is 1. The number of aromatic amines is 1. The van der Waals surface area contributed by atoms with E-state index in [-0.39, 0.29) is 11.3 Å². The topological polar surface area (TPSA) is 86.2 Å². The van der Waals surface area contributed by atoms with Crippen molar-refractivity contribution >= 4 is 28.3 Å². The third-order valence-corrected chi connectivity index (χ3v) is 3.70. The largest absolute Gasteiger partial charge is 0.506 e. The summed E-state index contributed by atoms with van der Waals surface area (Å²) in [5.74, 6) is -0.412. The Bertz CT molecular complexity index is 747. The molecule has 2 aromatic heterocycles. The number of nitrogens with zero attached hydrogens (tertiary/aromatic N) is 1. The number of H-pyrrole nitrogens is 1. The first-order valence-electron chi connectivity index (χ1n) is 5.61. The van der Waals surface area contributed by atoms with Crippen molar-refractivity contribution in [2.75, 3.05) is 0 Å². The number of thiophene rings is 1. The van der Waals surface area contributed by atoms with E-state index in [1.54, 1.807) is 11.3 Å². The van der Waals surface area contributed by atoms with Gasteiger partial charge in [0, 0.05) is 11.3 Å². The Hall–Kier alpha value is -2.34. The average Bonchev–Trinajstić information content (AvgIpc) is 2.99. The Morgan fingerprint density at radius 3 is 2.89 bits per heavy atom. The van der Waals surface area contributed by atoms with E-state index < -0.39 is 5.97 Å². The van der Waals surface area contributed by atoms with Crippen molar-refractivity contribution in [1.82, 2.24) is 9.97 Å². The fraction of sp³-hybridized carbons (Fsp3) is 0.0769. The lowest BCUT2D eigenvalue weighted by Crippen LogP contribution is -1.97. The van der Waals surface area contributed by atoms with Crippen molar-refractivity contribution in [2.45, 2.75) is 6.42 Å². The van der Waals surface area contributed by atoms with E-state index in [4.69, 9.17) is 5.11 Å². The van der Waals surface area contributed by atoms with E-state index >= 15 is 0 Å². The minimum atomic E-state index is -1.06. The standard InChI is InChI=1S/C13H10N2O3S/c16-9-4-3-8(13(17)18)11-12(9)15-10(14-11)6-7-2-1-5-19-7/h1-5,16H,6H2,(H,14,15)(H,17,18). The normalized spacial score (nSPS) is 10.9. The van der Waals surface area contributed by atoms with Crippen LogP contribution < -0.4 is 0 Å². The van der Waals surface area contributed by atoms with Crippen molar-refractivity contribution in [3.63, 3.8) is 0 Å². The highest BCUT2D eigenvalue weighted by molar-refractivity contribution is 7.09. The van der Waals surface area contributed by atoms with Crippen LogP contribution in [-0.4, -0.2) is 26.2 Å². The molecule has 0 spiro atoms. The van der Waals surface area contributed by atoms with Gasteiger partial charge in [0.1, 0.15) is 22.6 Å². The van der Waals surface area contributed by atoms with Crippen LogP contribution in [0.5, 0.6) is 5.75 Å².